The van der Waals surface area contributed by atoms with Crippen molar-refractivity contribution in [1.82, 2.24) is 9.97 Å². The number of nitrogens with zero attached hydrogens (tertiary/aromatic N) is 2. The Hall–Kier alpha value is -2.21. The van der Waals surface area contributed by atoms with Crippen LogP contribution in [0.1, 0.15) is 24.6 Å². The zero-order chi connectivity index (χ0) is 16.3. The summed E-state index contributed by atoms with van der Waals surface area (Å²) < 4.78 is 14.1. The van der Waals surface area contributed by atoms with Crippen molar-refractivity contribution in [3.05, 3.63) is 35.3 Å². The molecular weight excluding hydrogens is 283 g/mol. The summed E-state index contributed by atoms with van der Waals surface area (Å²) in [5.41, 5.74) is 7.49. The summed E-state index contributed by atoms with van der Waals surface area (Å²) in [5, 5.41) is 12.9. The molecule has 4 N–H and O–H groups in total. The van der Waals surface area contributed by atoms with E-state index in [-0.39, 0.29) is 29.1 Å². The molecule has 0 amide bonds. The first-order valence-corrected chi connectivity index (χ1v) is 7.26. The zero-order valence-electron chi connectivity index (χ0n) is 13.0. The fourth-order valence-electron chi connectivity index (χ4n) is 2.00. The highest BCUT2D eigenvalue weighted by Gasteiger charge is 2.15. The van der Waals surface area contributed by atoms with E-state index in [1.54, 1.807) is 25.1 Å². The molecule has 0 aliphatic rings. The Morgan fingerprint density at radius 1 is 1.32 bits per heavy atom. The molecule has 6 heteroatoms. The predicted octanol–water partition coefficient (Wildman–Crippen LogP) is 2.75. The first-order chi connectivity index (χ1) is 10.4. The standard InChI is InChI=1S/C16H21FN4O/c1-4-11(18)8-19-16-14(17)10(3)20-15(21-16)12-7-9(2)5-6-13(12)22/h5-7,11,22H,4,8,18H2,1-3H3,(H,19,20,21)/t11-/m1/s1. The number of phenolic OH excluding ortho intramolecular Hbond substituents is 1. The molecular formula is C16H21FN4O. The number of aryl methyl sites for hydroxylation is 2. The zero-order valence-corrected chi connectivity index (χ0v) is 13.0. The summed E-state index contributed by atoms with van der Waals surface area (Å²) in [6.07, 6.45) is 0.782. The lowest BCUT2D eigenvalue weighted by Crippen LogP contribution is -2.28. The fraction of sp³-hybridized carbons (Fsp3) is 0.375. The third-order valence-corrected chi connectivity index (χ3v) is 3.47. The average Bonchev–Trinajstić information content (AvgIpc) is 2.50. The molecule has 22 heavy (non-hydrogen) atoms. The van der Waals surface area contributed by atoms with Gasteiger partial charge in [0.1, 0.15) is 5.75 Å². The van der Waals surface area contributed by atoms with E-state index in [0.717, 1.165) is 12.0 Å². The SMILES string of the molecule is CC[C@@H](N)CNc1nc(-c2cc(C)ccc2O)nc(C)c1F. The first kappa shape index (κ1) is 16.2. The van der Waals surface area contributed by atoms with Crippen LogP contribution in [0.3, 0.4) is 0 Å². The Morgan fingerprint density at radius 3 is 2.73 bits per heavy atom. The van der Waals surface area contributed by atoms with Gasteiger partial charge in [-0.05, 0) is 32.4 Å². The normalized spacial score (nSPS) is 12.2. The minimum absolute atomic E-state index is 0.0628. The predicted molar refractivity (Wildman–Crippen MR) is 85.3 cm³/mol. The van der Waals surface area contributed by atoms with Crippen LogP contribution in [0.25, 0.3) is 11.4 Å². The minimum Gasteiger partial charge on any atom is -0.507 e. The van der Waals surface area contributed by atoms with E-state index >= 15 is 0 Å². The van der Waals surface area contributed by atoms with E-state index in [2.05, 4.69) is 15.3 Å². The Morgan fingerprint density at radius 2 is 2.05 bits per heavy atom. The van der Waals surface area contributed by atoms with E-state index < -0.39 is 5.82 Å². The third-order valence-electron chi connectivity index (χ3n) is 3.47. The maximum absolute atomic E-state index is 14.1. The molecule has 1 atom stereocenters. The number of phenols is 1. The first-order valence-electron chi connectivity index (χ1n) is 7.26. The van der Waals surface area contributed by atoms with Gasteiger partial charge in [-0.2, -0.15) is 0 Å². The number of halogens is 1. The van der Waals surface area contributed by atoms with Crippen LogP contribution < -0.4 is 11.1 Å². The van der Waals surface area contributed by atoms with Gasteiger partial charge in [0, 0.05) is 12.6 Å². The van der Waals surface area contributed by atoms with Gasteiger partial charge in [-0.1, -0.05) is 18.6 Å². The second-order valence-corrected chi connectivity index (χ2v) is 5.37. The Kier molecular flexibility index (Phi) is 4.92. The summed E-state index contributed by atoms with van der Waals surface area (Å²) in [6.45, 7) is 5.85. The van der Waals surface area contributed by atoms with Crippen LogP contribution in [-0.4, -0.2) is 27.7 Å². The molecule has 0 aliphatic heterocycles. The molecule has 2 aromatic rings. The number of benzene rings is 1. The fourth-order valence-corrected chi connectivity index (χ4v) is 2.00. The van der Waals surface area contributed by atoms with Crippen molar-refractivity contribution < 1.29 is 9.50 Å². The molecule has 1 aromatic carbocycles. The lowest BCUT2D eigenvalue weighted by Gasteiger charge is -2.14. The van der Waals surface area contributed by atoms with Crippen molar-refractivity contribution in [2.45, 2.75) is 33.2 Å². The van der Waals surface area contributed by atoms with Crippen LogP contribution in [-0.2, 0) is 0 Å². The van der Waals surface area contributed by atoms with Gasteiger partial charge in [0.15, 0.2) is 17.5 Å². The Balaban J connectivity index is 2.41. The van der Waals surface area contributed by atoms with E-state index in [4.69, 9.17) is 5.73 Å². The van der Waals surface area contributed by atoms with Crippen molar-refractivity contribution in [3.63, 3.8) is 0 Å². The number of aromatic nitrogens is 2. The van der Waals surface area contributed by atoms with Crippen LogP contribution in [0.15, 0.2) is 18.2 Å². The van der Waals surface area contributed by atoms with Crippen LogP contribution in [0.2, 0.25) is 0 Å². The average molecular weight is 304 g/mol. The molecule has 0 bridgehead atoms. The quantitative estimate of drug-likeness (QED) is 0.791. The number of hydrogen-bond acceptors (Lipinski definition) is 5. The van der Waals surface area contributed by atoms with Crippen molar-refractivity contribution in [2.75, 3.05) is 11.9 Å². The lowest BCUT2D eigenvalue weighted by atomic mass is 10.1. The highest BCUT2D eigenvalue weighted by molar-refractivity contribution is 5.66. The second-order valence-electron chi connectivity index (χ2n) is 5.37. The number of aromatic hydroxyl groups is 1. The highest BCUT2D eigenvalue weighted by Crippen LogP contribution is 2.29. The number of nitrogens with one attached hydrogen (secondary N) is 1. The highest BCUT2D eigenvalue weighted by atomic mass is 19.1. The smallest absolute Gasteiger partial charge is 0.186 e. The maximum Gasteiger partial charge on any atom is 0.186 e. The van der Waals surface area contributed by atoms with E-state index in [1.807, 2.05) is 13.8 Å². The van der Waals surface area contributed by atoms with Crippen LogP contribution in [0.4, 0.5) is 10.2 Å². The number of hydrogen-bond donors (Lipinski definition) is 3. The van der Waals surface area contributed by atoms with Crippen LogP contribution >= 0.6 is 0 Å². The molecule has 0 aliphatic carbocycles. The summed E-state index contributed by atoms with van der Waals surface area (Å²) in [7, 11) is 0. The topological polar surface area (TPSA) is 84.1 Å². The second kappa shape index (κ2) is 6.70. The van der Waals surface area contributed by atoms with Gasteiger partial charge >= 0.3 is 0 Å². The van der Waals surface area contributed by atoms with Gasteiger partial charge in [0.2, 0.25) is 0 Å². The molecule has 0 spiro atoms. The lowest BCUT2D eigenvalue weighted by molar-refractivity contribution is 0.476. The molecule has 5 nitrogen and oxygen atoms in total. The largest absolute Gasteiger partial charge is 0.507 e. The van der Waals surface area contributed by atoms with Gasteiger partial charge in [0.25, 0.3) is 0 Å². The van der Waals surface area contributed by atoms with Crippen LogP contribution in [0.5, 0.6) is 5.75 Å². The van der Waals surface area contributed by atoms with E-state index in [1.165, 1.54) is 0 Å². The van der Waals surface area contributed by atoms with Gasteiger partial charge < -0.3 is 16.2 Å². The molecule has 0 saturated heterocycles. The van der Waals surface area contributed by atoms with Gasteiger partial charge in [-0.15, -0.1) is 0 Å². The summed E-state index contributed by atoms with van der Waals surface area (Å²) in [6, 6.07) is 5.05. The Labute approximate surface area is 129 Å². The maximum atomic E-state index is 14.1. The Bertz CT molecular complexity index is 675. The molecule has 1 heterocycles. The molecule has 1 aromatic heterocycles. The third kappa shape index (κ3) is 3.51. The summed E-state index contributed by atoms with van der Waals surface area (Å²) in [4.78, 5) is 8.33. The minimum atomic E-state index is -0.501. The molecule has 2 rings (SSSR count). The van der Waals surface area contributed by atoms with Gasteiger partial charge in [0.05, 0.1) is 11.3 Å². The van der Waals surface area contributed by atoms with Crippen molar-refractivity contribution >= 4 is 5.82 Å². The van der Waals surface area contributed by atoms with Gasteiger partial charge in [-0.25, -0.2) is 14.4 Å². The van der Waals surface area contributed by atoms with Crippen LogP contribution in [0, 0.1) is 19.7 Å². The van der Waals surface area contributed by atoms with Crippen molar-refractivity contribution in [1.29, 1.82) is 0 Å². The molecule has 0 unspecified atom stereocenters. The molecule has 0 radical (unpaired) electrons. The molecule has 0 fully saturated rings. The van der Waals surface area contributed by atoms with Gasteiger partial charge in [-0.3, -0.25) is 0 Å². The molecule has 118 valence electrons. The number of anilines is 1. The number of rotatable bonds is 5. The summed E-state index contributed by atoms with van der Waals surface area (Å²) in [5.74, 6) is -0.0491. The van der Waals surface area contributed by atoms with E-state index in [9.17, 15) is 9.50 Å². The monoisotopic (exact) mass is 304 g/mol. The van der Waals surface area contributed by atoms with E-state index in [0.29, 0.717) is 12.1 Å². The number of nitrogens with two attached hydrogens (primary N) is 1. The summed E-state index contributed by atoms with van der Waals surface area (Å²) >= 11 is 0. The van der Waals surface area contributed by atoms with Crippen molar-refractivity contribution in [3.8, 4) is 17.1 Å². The van der Waals surface area contributed by atoms with Crippen molar-refractivity contribution in [2.24, 2.45) is 5.73 Å². The molecule has 0 saturated carbocycles.